The molecule has 8 nitrogen and oxygen atoms in total. The number of ether oxygens (including phenoxy) is 2. The van der Waals surface area contributed by atoms with E-state index in [0.29, 0.717) is 35.7 Å². The zero-order valence-corrected chi connectivity index (χ0v) is 17.8. The lowest BCUT2D eigenvalue weighted by Crippen LogP contribution is -3.12. The second-order valence-electron chi connectivity index (χ2n) is 7.40. The standard InChI is InChI=1S/C22H27N3O5/c1-5-30-22(28)17-14(2)23-19(18(17)15-6-8-16(29-4)9-7-15)20(26)21(27)25-12-10-24(3)11-13-25/h6-9,23H,5,10-13H2,1-4H3/p+1. The number of nitrogens with zero attached hydrogens (tertiary/aromatic N) is 1. The quantitative estimate of drug-likeness (QED) is 0.413. The Morgan fingerprint density at radius 3 is 2.33 bits per heavy atom. The highest BCUT2D eigenvalue weighted by Gasteiger charge is 2.33. The van der Waals surface area contributed by atoms with Crippen molar-refractivity contribution in [3.8, 4) is 16.9 Å². The van der Waals surface area contributed by atoms with Gasteiger partial charge in [0.15, 0.2) is 0 Å². The Labute approximate surface area is 175 Å². The molecule has 2 N–H and O–H groups in total. The molecule has 30 heavy (non-hydrogen) atoms. The molecule has 0 aliphatic carbocycles. The molecule has 0 spiro atoms. The maximum atomic E-state index is 13.2. The Hall–Kier alpha value is -3.13. The number of benzene rings is 1. The van der Waals surface area contributed by atoms with Crippen molar-refractivity contribution < 1.29 is 28.8 Å². The molecule has 3 rings (SSSR count). The lowest BCUT2D eigenvalue weighted by atomic mass is 9.98. The number of aromatic amines is 1. The third kappa shape index (κ3) is 4.23. The number of ketones is 1. The molecule has 0 saturated carbocycles. The molecular formula is C22H28N3O5+. The molecule has 1 saturated heterocycles. The van der Waals surface area contributed by atoms with Gasteiger partial charge >= 0.3 is 5.97 Å². The molecule has 0 atom stereocenters. The number of methoxy groups -OCH3 is 1. The van der Waals surface area contributed by atoms with E-state index >= 15 is 0 Å². The van der Waals surface area contributed by atoms with Crippen LogP contribution in [-0.4, -0.2) is 74.5 Å². The molecule has 2 aromatic rings. The first-order valence-electron chi connectivity index (χ1n) is 10.1. The lowest BCUT2D eigenvalue weighted by Gasteiger charge is -2.29. The van der Waals surface area contributed by atoms with Gasteiger partial charge in [-0.2, -0.15) is 0 Å². The van der Waals surface area contributed by atoms with Crippen LogP contribution in [0.5, 0.6) is 5.75 Å². The number of rotatable bonds is 6. The van der Waals surface area contributed by atoms with Crippen LogP contribution in [0.4, 0.5) is 0 Å². The first-order valence-corrected chi connectivity index (χ1v) is 10.1. The summed E-state index contributed by atoms with van der Waals surface area (Å²) in [6.07, 6.45) is 0. The van der Waals surface area contributed by atoms with E-state index < -0.39 is 17.7 Å². The average Bonchev–Trinajstić information content (AvgIpc) is 3.10. The van der Waals surface area contributed by atoms with Gasteiger partial charge in [-0.3, -0.25) is 9.59 Å². The fourth-order valence-corrected chi connectivity index (χ4v) is 3.64. The van der Waals surface area contributed by atoms with Gasteiger partial charge in [-0.1, -0.05) is 12.1 Å². The van der Waals surface area contributed by atoms with Crippen LogP contribution in [0, 0.1) is 6.92 Å². The maximum Gasteiger partial charge on any atom is 0.340 e. The van der Waals surface area contributed by atoms with Crippen molar-refractivity contribution in [3.63, 3.8) is 0 Å². The number of piperazine rings is 1. The van der Waals surface area contributed by atoms with Crippen molar-refractivity contribution in [2.24, 2.45) is 0 Å². The number of carbonyl (C=O) groups excluding carboxylic acids is 3. The predicted octanol–water partition coefficient (Wildman–Crippen LogP) is 0.715. The molecule has 1 aliphatic heterocycles. The molecule has 8 heteroatoms. The summed E-state index contributed by atoms with van der Waals surface area (Å²) in [6.45, 7) is 6.26. The van der Waals surface area contributed by atoms with E-state index in [4.69, 9.17) is 9.47 Å². The van der Waals surface area contributed by atoms with Crippen LogP contribution in [0.2, 0.25) is 0 Å². The Balaban J connectivity index is 2.04. The first kappa shape index (κ1) is 21.6. The number of hydrogen-bond donors (Lipinski definition) is 2. The number of amides is 1. The number of aryl methyl sites for hydroxylation is 1. The van der Waals surface area contributed by atoms with Gasteiger partial charge < -0.3 is 24.3 Å². The smallest absolute Gasteiger partial charge is 0.340 e. The van der Waals surface area contributed by atoms with E-state index in [9.17, 15) is 14.4 Å². The molecule has 0 bridgehead atoms. The minimum atomic E-state index is -0.654. The molecule has 1 fully saturated rings. The zero-order valence-electron chi connectivity index (χ0n) is 17.8. The van der Waals surface area contributed by atoms with Gasteiger partial charge in [-0.05, 0) is 31.5 Å². The van der Waals surface area contributed by atoms with E-state index in [1.165, 1.54) is 4.90 Å². The third-order valence-corrected chi connectivity index (χ3v) is 5.37. The first-order chi connectivity index (χ1) is 14.4. The number of likely N-dealkylation sites (N-methyl/N-ethyl adjacent to an activating group) is 1. The topological polar surface area (TPSA) is 93.1 Å². The summed E-state index contributed by atoms with van der Waals surface area (Å²) in [5.41, 5.74) is 1.87. The third-order valence-electron chi connectivity index (χ3n) is 5.37. The monoisotopic (exact) mass is 414 g/mol. The summed E-state index contributed by atoms with van der Waals surface area (Å²) < 4.78 is 10.4. The Morgan fingerprint density at radius 2 is 1.77 bits per heavy atom. The summed E-state index contributed by atoms with van der Waals surface area (Å²) in [7, 11) is 3.62. The molecule has 1 amide bonds. The lowest BCUT2D eigenvalue weighted by molar-refractivity contribution is -0.883. The average molecular weight is 414 g/mol. The molecule has 1 aromatic carbocycles. The van der Waals surface area contributed by atoms with Crippen molar-refractivity contribution in [2.45, 2.75) is 13.8 Å². The van der Waals surface area contributed by atoms with E-state index in [0.717, 1.165) is 13.1 Å². The van der Waals surface area contributed by atoms with Gasteiger partial charge in [-0.15, -0.1) is 0 Å². The SMILES string of the molecule is CCOC(=O)c1c(C)[nH]c(C(=O)C(=O)N2CC[NH+](C)CC2)c1-c1ccc(OC)cc1. The molecular weight excluding hydrogens is 386 g/mol. The van der Waals surface area contributed by atoms with Gasteiger partial charge in [0.25, 0.3) is 11.7 Å². The van der Waals surface area contributed by atoms with Crippen LogP contribution in [0.25, 0.3) is 11.1 Å². The van der Waals surface area contributed by atoms with Crippen LogP contribution in [0.3, 0.4) is 0 Å². The number of aromatic nitrogens is 1. The Bertz CT molecular complexity index is 940. The van der Waals surface area contributed by atoms with Crippen molar-refractivity contribution in [1.29, 1.82) is 0 Å². The van der Waals surface area contributed by atoms with E-state index in [-0.39, 0.29) is 17.9 Å². The maximum absolute atomic E-state index is 13.2. The fraction of sp³-hybridized carbons (Fsp3) is 0.409. The van der Waals surface area contributed by atoms with E-state index in [1.807, 2.05) is 0 Å². The second kappa shape index (κ2) is 9.13. The minimum Gasteiger partial charge on any atom is -0.497 e. The van der Waals surface area contributed by atoms with Crippen molar-refractivity contribution in [3.05, 3.63) is 41.2 Å². The summed E-state index contributed by atoms with van der Waals surface area (Å²) in [4.78, 5) is 44.6. The Morgan fingerprint density at radius 1 is 1.13 bits per heavy atom. The van der Waals surface area contributed by atoms with Crippen LogP contribution >= 0.6 is 0 Å². The summed E-state index contributed by atoms with van der Waals surface area (Å²) in [5.74, 6) is -1.10. The molecule has 1 aliphatic rings. The van der Waals surface area contributed by atoms with Crippen molar-refractivity contribution in [2.75, 3.05) is 46.9 Å². The second-order valence-corrected chi connectivity index (χ2v) is 7.40. The van der Waals surface area contributed by atoms with Gasteiger partial charge in [-0.25, -0.2) is 4.79 Å². The molecule has 1 aromatic heterocycles. The number of esters is 1. The van der Waals surface area contributed by atoms with Crippen molar-refractivity contribution in [1.82, 2.24) is 9.88 Å². The van der Waals surface area contributed by atoms with Crippen LogP contribution in [0.15, 0.2) is 24.3 Å². The van der Waals surface area contributed by atoms with E-state index in [2.05, 4.69) is 12.0 Å². The fourth-order valence-electron chi connectivity index (χ4n) is 3.64. The minimum absolute atomic E-state index is 0.108. The van der Waals surface area contributed by atoms with Crippen LogP contribution < -0.4 is 9.64 Å². The molecule has 160 valence electrons. The van der Waals surface area contributed by atoms with Gasteiger partial charge in [0, 0.05) is 11.3 Å². The highest BCUT2D eigenvalue weighted by molar-refractivity contribution is 6.43. The van der Waals surface area contributed by atoms with Crippen LogP contribution in [0.1, 0.15) is 33.5 Å². The number of carbonyl (C=O) groups is 3. The highest BCUT2D eigenvalue weighted by Crippen LogP contribution is 2.33. The van der Waals surface area contributed by atoms with Gasteiger partial charge in [0.2, 0.25) is 0 Å². The molecule has 2 heterocycles. The normalized spacial score (nSPS) is 14.5. The van der Waals surface area contributed by atoms with Gasteiger partial charge in [0.05, 0.1) is 52.5 Å². The molecule has 0 radical (unpaired) electrons. The van der Waals surface area contributed by atoms with Gasteiger partial charge in [0.1, 0.15) is 11.4 Å². The van der Waals surface area contributed by atoms with E-state index in [1.54, 1.807) is 50.1 Å². The number of Topliss-reactive ketones (excluding diaryl/α,β-unsaturated/α-hetero) is 1. The van der Waals surface area contributed by atoms with Crippen LogP contribution in [-0.2, 0) is 9.53 Å². The highest BCUT2D eigenvalue weighted by atomic mass is 16.5. The summed E-state index contributed by atoms with van der Waals surface area (Å²) >= 11 is 0. The predicted molar refractivity (Wildman–Crippen MR) is 111 cm³/mol. The summed E-state index contributed by atoms with van der Waals surface area (Å²) in [5, 5.41) is 0. The Kier molecular flexibility index (Phi) is 6.56. The largest absolute Gasteiger partial charge is 0.497 e. The number of quaternary nitrogens is 1. The van der Waals surface area contributed by atoms with Crippen molar-refractivity contribution >= 4 is 17.7 Å². The molecule has 0 unspecified atom stereocenters. The number of hydrogen-bond acceptors (Lipinski definition) is 5. The zero-order chi connectivity index (χ0) is 21.8. The number of nitrogens with one attached hydrogen (secondary N) is 2. The number of H-pyrrole nitrogens is 1. The summed E-state index contributed by atoms with van der Waals surface area (Å²) in [6, 6.07) is 6.99.